The van der Waals surface area contributed by atoms with Gasteiger partial charge < -0.3 is 4.74 Å². The highest BCUT2D eigenvalue weighted by atomic mass is 19.4. The van der Waals surface area contributed by atoms with E-state index in [2.05, 4.69) is 12.3 Å². The van der Waals surface area contributed by atoms with Crippen LogP contribution in [0.3, 0.4) is 0 Å². The van der Waals surface area contributed by atoms with Crippen molar-refractivity contribution in [1.29, 1.82) is 0 Å². The number of halogens is 3. The zero-order chi connectivity index (χ0) is 13.6. The molecule has 1 rings (SSSR count). The van der Waals surface area contributed by atoms with E-state index in [1.54, 1.807) is 0 Å². The second kappa shape index (κ2) is 7.31. The van der Waals surface area contributed by atoms with E-state index in [1.165, 1.54) is 6.42 Å². The molecule has 0 amide bonds. The van der Waals surface area contributed by atoms with Crippen LogP contribution < -0.4 is 11.3 Å². The molecule has 18 heavy (non-hydrogen) atoms. The maximum absolute atomic E-state index is 12.0. The fourth-order valence-corrected chi connectivity index (χ4v) is 2.87. The summed E-state index contributed by atoms with van der Waals surface area (Å²) in [5, 5.41) is 0. The van der Waals surface area contributed by atoms with Gasteiger partial charge in [-0.15, -0.1) is 0 Å². The molecule has 3 nitrogen and oxygen atoms in total. The molecule has 0 saturated heterocycles. The van der Waals surface area contributed by atoms with Gasteiger partial charge >= 0.3 is 6.18 Å². The molecule has 0 aromatic rings. The third-order valence-corrected chi connectivity index (χ3v) is 3.79. The van der Waals surface area contributed by atoms with Gasteiger partial charge in [0.05, 0.1) is 6.61 Å². The lowest BCUT2D eigenvalue weighted by Gasteiger charge is -2.36. The van der Waals surface area contributed by atoms with Gasteiger partial charge in [-0.2, -0.15) is 13.2 Å². The molecule has 1 saturated carbocycles. The van der Waals surface area contributed by atoms with E-state index in [4.69, 9.17) is 10.6 Å². The summed E-state index contributed by atoms with van der Waals surface area (Å²) in [5.41, 5.74) is 2.63. The minimum Gasteiger partial charge on any atom is -0.370 e. The van der Waals surface area contributed by atoms with Crippen molar-refractivity contribution in [3.63, 3.8) is 0 Å². The molecule has 1 aliphatic rings. The second-order valence-corrected chi connectivity index (χ2v) is 5.02. The first kappa shape index (κ1) is 15.7. The first-order chi connectivity index (χ1) is 8.48. The van der Waals surface area contributed by atoms with Gasteiger partial charge in [-0.3, -0.25) is 11.3 Å². The third kappa shape index (κ3) is 5.12. The molecule has 0 bridgehead atoms. The normalized spacial score (nSPS) is 27.2. The largest absolute Gasteiger partial charge is 0.411 e. The van der Waals surface area contributed by atoms with Crippen molar-refractivity contribution in [2.75, 3.05) is 13.2 Å². The average Bonchev–Trinajstić information content (AvgIpc) is 2.33. The van der Waals surface area contributed by atoms with Crippen LogP contribution in [-0.2, 0) is 4.74 Å². The van der Waals surface area contributed by atoms with Crippen LogP contribution in [0.25, 0.3) is 0 Å². The third-order valence-electron chi connectivity index (χ3n) is 3.79. The summed E-state index contributed by atoms with van der Waals surface area (Å²) in [6.45, 7) is 0.943. The lowest BCUT2D eigenvalue weighted by Crippen LogP contribution is -2.47. The van der Waals surface area contributed by atoms with Gasteiger partial charge in [-0.1, -0.05) is 32.6 Å². The fourth-order valence-electron chi connectivity index (χ4n) is 2.87. The lowest BCUT2D eigenvalue weighted by atomic mass is 9.74. The molecule has 0 spiro atoms. The van der Waals surface area contributed by atoms with Crippen LogP contribution in [-0.4, -0.2) is 25.4 Å². The van der Waals surface area contributed by atoms with Gasteiger partial charge in [0.25, 0.3) is 0 Å². The van der Waals surface area contributed by atoms with E-state index in [9.17, 15) is 13.2 Å². The number of hydrogen-bond acceptors (Lipinski definition) is 3. The summed E-state index contributed by atoms with van der Waals surface area (Å²) in [6, 6.07) is -0.183. The van der Waals surface area contributed by atoms with Crippen molar-refractivity contribution in [3.05, 3.63) is 0 Å². The van der Waals surface area contributed by atoms with Crippen molar-refractivity contribution >= 4 is 0 Å². The smallest absolute Gasteiger partial charge is 0.370 e. The quantitative estimate of drug-likeness (QED) is 0.575. The van der Waals surface area contributed by atoms with Gasteiger partial charge in [-0.05, 0) is 18.3 Å². The van der Waals surface area contributed by atoms with Crippen LogP contribution in [0.2, 0.25) is 0 Å². The first-order valence-corrected chi connectivity index (χ1v) is 6.58. The summed E-state index contributed by atoms with van der Waals surface area (Å²) in [4.78, 5) is 0. The SMILES string of the molecule is CCC1CCCCC1C(COCC(F)(F)F)NN. The Morgan fingerprint density at radius 1 is 1.33 bits per heavy atom. The molecule has 0 aliphatic heterocycles. The second-order valence-electron chi connectivity index (χ2n) is 5.02. The Balaban J connectivity index is 2.43. The zero-order valence-electron chi connectivity index (χ0n) is 10.8. The topological polar surface area (TPSA) is 47.3 Å². The van der Waals surface area contributed by atoms with Crippen molar-refractivity contribution < 1.29 is 17.9 Å². The van der Waals surface area contributed by atoms with Gasteiger partial charge in [0.15, 0.2) is 0 Å². The van der Waals surface area contributed by atoms with Gasteiger partial charge in [0, 0.05) is 6.04 Å². The van der Waals surface area contributed by atoms with Crippen LogP contribution in [0.4, 0.5) is 13.2 Å². The van der Waals surface area contributed by atoms with Crippen molar-refractivity contribution in [2.24, 2.45) is 17.7 Å². The molecular weight excluding hydrogens is 245 g/mol. The number of ether oxygens (including phenoxy) is 1. The number of hydrazine groups is 1. The fraction of sp³-hybridized carbons (Fsp3) is 1.00. The Morgan fingerprint density at radius 2 is 2.00 bits per heavy atom. The minimum absolute atomic E-state index is 0.0250. The van der Waals surface area contributed by atoms with Crippen LogP contribution >= 0.6 is 0 Å². The van der Waals surface area contributed by atoms with Crippen molar-refractivity contribution in [1.82, 2.24) is 5.43 Å². The van der Waals surface area contributed by atoms with Crippen LogP contribution in [0.15, 0.2) is 0 Å². The predicted molar refractivity (Wildman–Crippen MR) is 63.7 cm³/mol. The Bertz CT molecular complexity index is 236. The number of alkyl halides is 3. The number of nitrogens with one attached hydrogen (secondary N) is 1. The van der Waals surface area contributed by atoms with E-state index in [0.29, 0.717) is 11.8 Å². The molecular formula is C12H23F3N2O. The molecule has 1 fully saturated rings. The molecule has 0 aromatic carbocycles. The number of rotatable bonds is 6. The monoisotopic (exact) mass is 268 g/mol. The van der Waals surface area contributed by atoms with E-state index >= 15 is 0 Å². The highest BCUT2D eigenvalue weighted by Gasteiger charge is 2.32. The maximum atomic E-state index is 12.0. The molecule has 0 heterocycles. The molecule has 3 unspecified atom stereocenters. The highest BCUT2D eigenvalue weighted by molar-refractivity contribution is 4.83. The highest BCUT2D eigenvalue weighted by Crippen LogP contribution is 2.34. The first-order valence-electron chi connectivity index (χ1n) is 6.58. The lowest BCUT2D eigenvalue weighted by molar-refractivity contribution is -0.176. The minimum atomic E-state index is -4.27. The van der Waals surface area contributed by atoms with Crippen LogP contribution in [0, 0.1) is 11.8 Å². The van der Waals surface area contributed by atoms with Crippen molar-refractivity contribution in [3.8, 4) is 0 Å². The average molecular weight is 268 g/mol. The van der Waals surface area contributed by atoms with E-state index in [-0.39, 0.29) is 12.6 Å². The van der Waals surface area contributed by atoms with Crippen molar-refractivity contribution in [2.45, 2.75) is 51.2 Å². The Kier molecular flexibility index (Phi) is 6.38. The molecule has 0 aromatic heterocycles. The molecule has 3 N–H and O–H groups in total. The van der Waals surface area contributed by atoms with Crippen LogP contribution in [0.5, 0.6) is 0 Å². The summed E-state index contributed by atoms with van der Waals surface area (Å²) in [5.74, 6) is 6.32. The molecule has 108 valence electrons. The summed E-state index contributed by atoms with van der Waals surface area (Å²) in [6.07, 6.45) is 1.26. The van der Waals surface area contributed by atoms with E-state index < -0.39 is 12.8 Å². The summed E-state index contributed by atoms with van der Waals surface area (Å²) in [7, 11) is 0. The maximum Gasteiger partial charge on any atom is 0.411 e. The van der Waals surface area contributed by atoms with Gasteiger partial charge in [0.1, 0.15) is 6.61 Å². The van der Waals surface area contributed by atoms with Gasteiger partial charge in [0.2, 0.25) is 0 Å². The summed E-state index contributed by atoms with van der Waals surface area (Å²) < 4.78 is 40.8. The molecule has 6 heteroatoms. The molecule has 0 radical (unpaired) electrons. The van der Waals surface area contributed by atoms with Crippen LogP contribution in [0.1, 0.15) is 39.0 Å². The molecule has 3 atom stereocenters. The van der Waals surface area contributed by atoms with E-state index in [1.807, 2.05) is 0 Å². The zero-order valence-corrected chi connectivity index (χ0v) is 10.8. The number of nitrogens with two attached hydrogens (primary N) is 1. The molecule has 1 aliphatic carbocycles. The number of hydrogen-bond donors (Lipinski definition) is 2. The predicted octanol–water partition coefficient (Wildman–Crippen LogP) is 2.61. The summed E-state index contributed by atoms with van der Waals surface area (Å²) >= 11 is 0. The van der Waals surface area contributed by atoms with E-state index in [0.717, 1.165) is 25.7 Å². The Labute approximate surface area is 106 Å². The standard InChI is InChI=1S/C12H23F3N2O/c1-2-9-5-3-4-6-10(9)11(17-16)7-18-8-12(13,14)15/h9-11,17H,2-8,16H2,1H3. The Hall–Kier alpha value is -0.330. The van der Waals surface area contributed by atoms with Gasteiger partial charge in [-0.25, -0.2) is 0 Å². The Morgan fingerprint density at radius 3 is 2.56 bits per heavy atom.